The lowest BCUT2D eigenvalue weighted by molar-refractivity contribution is 0.0481. The number of nitrogens with zero attached hydrogens (tertiary/aromatic N) is 3. The second-order valence-corrected chi connectivity index (χ2v) is 10.4. The van der Waals surface area contributed by atoms with E-state index in [9.17, 15) is 13.2 Å². The number of hydrogen-bond donors (Lipinski definition) is 3. The van der Waals surface area contributed by atoms with E-state index in [2.05, 4.69) is 15.3 Å². The van der Waals surface area contributed by atoms with E-state index in [0.717, 1.165) is 12.5 Å². The van der Waals surface area contributed by atoms with Crippen LogP contribution in [0.15, 0.2) is 12.3 Å². The molecule has 1 amide bonds. The Hall–Kier alpha value is -2.73. The van der Waals surface area contributed by atoms with Gasteiger partial charge in [0.15, 0.2) is 21.4 Å². The van der Waals surface area contributed by atoms with Crippen molar-refractivity contribution < 1.29 is 22.7 Å². The van der Waals surface area contributed by atoms with Gasteiger partial charge in [0.25, 0.3) is 5.91 Å². The minimum Gasteiger partial charge on any atom is -0.486 e. The van der Waals surface area contributed by atoms with Crippen molar-refractivity contribution in [2.24, 2.45) is 5.73 Å². The van der Waals surface area contributed by atoms with Gasteiger partial charge in [0.1, 0.15) is 22.9 Å². The van der Waals surface area contributed by atoms with E-state index in [1.165, 1.54) is 19.9 Å². The van der Waals surface area contributed by atoms with Gasteiger partial charge in [-0.15, -0.1) is 0 Å². The Morgan fingerprint density at radius 3 is 2.67 bits per heavy atom. The lowest BCUT2D eigenvalue weighted by atomic mass is 10.0. The summed E-state index contributed by atoms with van der Waals surface area (Å²) >= 11 is 0. The molecule has 0 radical (unpaired) electrons. The van der Waals surface area contributed by atoms with E-state index < -0.39 is 20.5 Å². The fourth-order valence-corrected chi connectivity index (χ4v) is 3.82. The summed E-state index contributed by atoms with van der Waals surface area (Å²) < 4.78 is 35.1. The zero-order valence-electron chi connectivity index (χ0n) is 17.3. The molecule has 0 saturated carbocycles. The van der Waals surface area contributed by atoms with Gasteiger partial charge in [-0.25, -0.2) is 18.4 Å². The number of nitrogens with one attached hydrogen (secondary N) is 2. The van der Waals surface area contributed by atoms with Gasteiger partial charge in [0.05, 0.1) is 25.3 Å². The smallest absolute Gasteiger partial charge is 0.294 e. The summed E-state index contributed by atoms with van der Waals surface area (Å²) in [6.07, 6.45) is 3.41. The molecule has 164 valence electrons. The normalized spacial score (nSPS) is 21.5. The van der Waals surface area contributed by atoms with Gasteiger partial charge in [-0.05, 0) is 33.0 Å². The highest BCUT2D eigenvalue weighted by atomic mass is 32.2. The van der Waals surface area contributed by atoms with Crippen LogP contribution in [-0.4, -0.2) is 68.3 Å². The summed E-state index contributed by atoms with van der Waals surface area (Å²) in [5.74, 6) is -0.687. The van der Waals surface area contributed by atoms with Gasteiger partial charge < -0.3 is 25.4 Å². The summed E-state index contributed by atoms with van der Waals surface area (Å²) in [5.41, 5.74) is 5.34. The molecule has 0 unspecified atom stereocenters. The average molecular weight is 439 g/mol. The first kappa shape index (κ1) is 22.0. The number of ether oxygens (including phenoxy) is 2. The topological polar surface area (TPSA) is 161 Å². The van der Waals surface area contributed by atoms with Crippen LogP contribution >= 0.6 is 0 Å². The van der Waals surface area contributed by atoms with Crippen LogP contribution in [0.4, 0.5) is 5.82 Å². The number of rotatable bonds is 4. The maximum atomic E-state index is 12.7. The summed E-state index contributed by atoms with van der Waals surface area (Å²) in [6, 6.07) is -0.190. The molecule has 3 heterocycles. The molecule has 0 bridgehead atoms. The minimum atomic E-state index is -3.62. The molecular formula is C18H26N6O5S. The van der Waals surface area contributed by atoms with E-state index in [4.69, 9.17) is 20.6 Å². The monoisotopic (exact) mass is 438 g/mol. The first-order valence-corrected chi connectivity index (χ1v) is 11.3. The van der Waals surface area contributed by atoms with Crippen molar-refractivity contribution in [2.75, 3.05) is 31.0 Å². The van der Waals surface area contributed by atoms with Crippen LogP contribution in [0.3, 0.4) is 0 Å². The average Bonchev–Trinajstić information content (AvgIpc) is 2.66. The van der Waals surface area contributed by atoms with Crippen molar-refractivity contribution in [3.63, 3.8) is 0 Å². The summed E-state index contributed by atoms with van der Waals surface area (Å²) in [4.78, 5) is 23.3. The summed E-state index contributed by atoms with van der Waals surface area (Å²) in [7, 11) is -3.62. The molecule has 2 atom stereocenters. The molecule has 2 aliphatic heterocycles. The quantitative estimate of drug-likeness (QED) is 0.431. The van der Waals surface area contributed by atoms with Gasteiger partial charge in [-0.2, -0.15) is 0 Å². The number of morpholine rings is 1. The SMILES string of the molecule is C[C@@H]1COC[C@H]2COc3c(nc(C(=O)NC(=N)C=CN)nc3C(C)(C)S(C)(=O)=O)N21. The number of amides is 1. The predicted molar refractivity (Wildman–Crippen MR) is 110 cm³/mol. The largest absolute Gasteiger partial charge is 0.486 e. The van der Waals surface area contributed by atoms with E-state index in [1.54, 1.807) is 0 Å². The molecule has 1 fully saturated rings. The molecule has 0 aliphatic carbocycles. The van der Waals surface area contributed by atoms with Gasteiger partial charge in [-0.1, -0.05) is 0 Å². The molecule has 4 N–H and O–H groups in total. The third kappa shape index (κ3) is 3.84. The Labute approximate surface area is 175 Å². The van der Waals surface area contributed by atoms with Gasteiger partial charge in [0.2, 0.25) is 5.82 Å². The fourth-order valence-electron chi connectivity index (χ4n) is 3.33. The van der Waals surface area contributed by atoms with Crippen molar-refractivity contribution >= 4 is 27.4 Å². The molecule has 1 saturated heterocycles. The van der Waals surface area contributed by atoms with Gasteiger partial charge >= 0.3 is 0 Å². The molecule has 12 heteroatoms. The Morgan fingerprint density at radius 2 is 2.03 bits per heavy atom. The standard InChI is InChI=1S/C18H26N6O5S/c1-10-7-28-8-11-9-29-13-14(18(2,3)30(4,26)27)22-15(23-16(13)24(10)11)17(25)21-12(20)5-6-19/h5-6,10-11H,7-9,19H2,1-4H3,(H2,20,21,25)/t10-,11+/m1/s1. The number of carbonyl (C=O) groups excluding carboxylic acids is 1. The molecule has 2 aliphatic rings. The number of hydrogen-bond acceptors (Lipinski definition) is 10. The lowest BCUT2D eigenvalue weighted by Gasteiger charge is -2.45. The highest BCUT2D eigenvalue weighted by Gasteiger charge is 2.44. The summed E-state index contributed by atoms with van der Waals surface area (Å²) in [6.45, 7) is 6.12. The minimum absolute atomic E-state index is 0.0649. The van der Waals surface area contributed by atoms with Crippen molar-refractivity contribution in [1.82, 2.24) is 15.3 Å². The molecule has 1 aromatic rings. The molecule has 30 heavy (non-hydrogen) atoms. The van der Waals surface area contributed by atoms with Crippen LogP contribution in [0.2, 0.25) is 0 Å². The van der Waals surface area contributed by atoms with E-state index in [0.29, 0.717) is 19.0 Å². The molecule has 3 rings (SSSR count). The second-order valence-electron chi connectivity index (χ2n) is 7.82. The highest BCUT2D eigenvalue weighted by molar-refractivity contribution is 7.91. The first-order chi connectivity index (χ1) is 14.0. The Morgan fingerprint density at radius 1 is 1.33 bits per heavy atom. The zero-order chi connectivity index (χ0) is 22.3. The van der Waals surface area contributed by atoms with Crippen molar-refractivity contribution in [1.29, 1.82) is 5.41 Å². The van der Waals surface area contributed by atoms with Crippen molar-refractivity contribution in [2.45, 2.75) is 37.6 Å². The number of sulfone groups is 1. The van der Waals surface area contributed by atoms with Crippen LogP contribution in [0, 0.1) is 5.41 Å². The van der Waals surface area contributed by atoms with Gasteiger partial charge in [0, 0.05) is 6.26 Å². The summed E-state index contributed by atoms with van der Waals surface area (Å²) in [5, 5.41) is 10.0. The number of nitrogens with two attached hydrogens (primary N) is 1. The third-order valence-electron chi connectivity index (χ3n) is 5.26. The predicted octanol–water partition coefficient (Wildman–Crippen LogP) is -0.0781. The maximum Gasteiger partial charge on any atom is 0.294 e. The molecule has 0 spiro atoms. The Kier molecular flexibility index (Phi) is 5.74. The molecule has 11 nitrogen and oxygen atoms in total. The fraction of sp³-hybridized carbons (Fsp3) is 0.556. The first-order valence-electron chi connectivity index (χ1n) is 9.36. The molecule has 1 aromatic heterocycles. The van der Waals surface area contributed by atoms with Crippen LogP contribution in [0.25, 0.3) is 0 Å². The van der Waals surface area contributed by atoms with Gasteiger partial charge in [-0.3, -0.25) is 10.2 Å². The molecular weight excluding hydrogens is 412 g/mol. The van der Waals surface area contributed by atoms with Crippen LogP contribution in [0.1, 0.15) is 37.1 Å². The van der Waals surface area contributed by atoms with E-state index >= 15 is 0 Å². The third-order valence-corrected chi connectivity index (χ3v) is 7.31. The number of aromatic nitrogens is 2. The lowest BCUT2D eigenvalue weighted by Crippen LogP contribution is -2.56. The van der Waals surface area contributed by atoms with E-state index in [1.807, 2.05) is 11.8 Å². The van der Waals surface area contributed by atoms with Crippen molar-refractivity contribution in [3.8, 4) is 5.75 Å². The Balaban J connectivity index is 2.19. The van der Waals surface area contributed by atoms with Crippen LogP contribution < -0.4 is 20.7 Å². The van der Waals surface area contributed by atoms with Crippen LogP contribution in [-0.2, 0) is 19.3 Å². The number of amidine groups is 1. The number of anilines is 1. The Bertz CT molecular complexity index is 1010. The number of fused-ring (bicyclic) bond motifs is 3. The van der Waals surface area contributed by atoms with Crippen LogP contribution in [0.5, 0.6) is 5.75 Å². The second kappa shape index (κ2) is 7.84. The van der Waals surface area contributed by atoms with E-state index in [-0.39, 0.29) is 41.8 Å². The molecule has 0 aromatic carbocycles. The van der Waals surface area contributed by atoms with Crippen molar-refractivity contribution in [3.05, 3.63) is 23.8 Å². The zero-order valence-corrected chi connectivity index (χ0v) is 18.1. The maximum absolute atomic E-state index is 12.7. The highest BCUT2D eigenvalue weighted by Crippen LogP contribution is 2.43. The number of carbonyl (C=O) groups is 1.